The molecule has 1 unspecified atom stereocenters. The normalized spacial score (nSPS) is 18.3. The first kappa shape index (κ1) is 21.2. The molecule has 2 aromatic carbocycles. The van der Waals surface area contributed by atoms with Crippen molar-refractivity contribution < 1.29 is 23.5 Å². The quantitative estimate of drug-likeness (QED) is 0.429. The van der Waals surface area contributed by atoms with Crippen molar-refractivity contribution in [1.29, 1.82) is 0 Å². The number of halogens is 1. The second-order valence-corrected chi connectivity index (χ2v) is 7.60. The van der Waals surface area contributed by atoms with Crippen molar-refractivity contribution in [3.63, 3.8) is 0 Å². The third kappa shape index (κ3) is 4.10. The second-order valence-electron chi connectivity index (χ2n) is 7.60. The number of aryl methyl sites for hydroxylation is 1. The standard InChI is InChI=1S/C23H23FN2O4/c1-14(2)13-30-18-8-6-17(7-9-18)23(4)21(28)26(22(29)25-23)12-20(27)16-5-10-19(24)15(3)11-16/h5-11H,1,12-13H2,2-4H3,(H,25,29). The first-order chi connectivity index (χ1) is 14.1. The highest BCUT2D eigenvalue weighted by molar-refractivity contribution is 6.11. The Morgan fingerprint density at radius 3 is 2.47 bits per heavy atom. The number of hydrogen-bond donors (Lipinski definition) is 1. The van der Waals surface area contributed by atoms with E-state index in [9.17, 15) is 18.8 Å². The maximum absolute atomic E-state index is 13.4. The maximum atomic E-state index is 13.4. The van der Waals surface area contributed by atoms with Gasteiger partial charge in [-0.3, -0.25) is 14.5 Å². The number of carbonyl (C=O) groups is 3. The number of hydrogen-bond acceptors (Lipinski definition) is 4. The smallest absolute Gasteiger partial charge is 0.325 e. The molecule has 156 valence electrons. The summed E-state index contributed by atoms with van der Waals surface area (Å²) in [5.74, 6) is -0.796. The number of nitrogens with zero attached hydrogens (tertiary/aromatic N) is 1. The monoisotopic (exact) mass is 410 g/mol. The van der Waals surface area contributed by atoms with E-state index in [1.165, 1.54) is 18.2 Å². The molecule has 1 heterocycles. The molecule has 0 saturated carbocycles. The third-order valence-corrected chi connectivity index (χ3v) is 4.97. The number of urea groups is 1. The molecule has 30 heavy (non-hydrogen) atoms. The van der Waals surface area contributed by atoms with E-state index in [-0.39, 0.29) is 5.56 Å². The van der Waals surface area contributed by atoms with E-state index < -0.39 is 35.6 Å². The lowest BCUT2D eigenvalue weighted by atomic mass is 9.92. The number of carbonyl (C=O) groups excluding carboxylic acids is 3. The van der Waals surface area contributed by atoms with E-state index >= 15 is 0 Å². The summed E-state index contributed by atoms with van der Waals surface area (Å²) in [5, 5.41) is 2.66. The van der Waals surface area contributed by atoms with Gasteiger partial charge in [0.05, 0.1) is 6.54 Å². The molecule has 7 heteroatoms. The number of nitrogens with one attached hydrogen (secondary N) is 1. The average Bonchev–Trinajstić information content (AvgIpc) is 2.92. The highest BCUT2D eigenvalue weighted by Gasteiger charge is 2.49. The summed E-state index contributed by atoms with van der Waals surface area (Å²) in [6.45, 7) is 8.71. The van der Waals surface area contributed by atoms with E-state index in [2.05, 4.69) is 11.9 Å². The first-order valence-electron chi connectivity index (χ1n) is 9.43. The molecule has 0 aliphatic carbocycles. The van der Waals surface area contributed by atoms with Gasteiger partial charge >= 0.3 is 6.03 Å². The van der Waals surface area contributed by atoms with Gasteiger partial charge in [0.2, 0.25) is 0 Å². The van der Waals surface area contributed by atoms with Crippen LogP contribution in [0.25, 0.3) is 0 Å². The van der Waals surface area contributed by atoms with E-state index in [4.69, 9.17) is 4.74 Å². The zero-order valence-electron chi connectivity index (χ0n) is 17.1. The number of Topliss-reactive ketones (excluding diaryl/α,β-unsaturated/α-hetero) is 1. The highest BCUT2D eigenvalue weighted by Crippen LogP contribution is 2.30. The Morgan fingerprint density at radius 2 is 1.87 bits per heavy atom. The fourth-order valence-corrected chi connectivity index (χ4v) is 3.18. The van der Waals surface area contributed by atoms with Crippen LogP contribution in [0.2, 0.25) is 0 Å². The molecule has 0 radical (unpaired) electrons. The van der Waals surface area contributed by atoms with Crippen molar-refractivity contribution in [3.8, 4) is 5.75 Å². The molecule has 0 aromatic heterocycles. The van der Waals surface area contributed by atoms with E-state index in [1.807, 2.05) is 6.92 Å². The molecule has 1 aliphatic heterocycles. The number of benzene rings is 2. The van der Waals surface area contributed by atoms with Crippen molar-refractivity contribution >= 4 is 17.7 Å². The first-order valence-corrected chi connectivity index (χ1v) is 9.43. The van der Waals surface area contributed by atoms with Crippen LogP contribution in [-0.2, 0) is 10.3 Å². The molecular formula is C23H23FN2O4. The number of ether oxygens (including phenoxy) is 1. The summed E-state index contributed by atoms with van der Waals surface area (Å²) in [6.07, 6.45) is 0. The summed E-state index contributed by atoms with van der Waals surface area (Å²) < 4.78 is 19.0. The summed E-state index contributed by atoms with van der Waals surface area (Å²) in [5.41, 5.74) is 0.694. The number of ketones is 1. The average molecular weight is 410 g/mol. The van der Waals surface area contributed by atoms with Gasteiger partial charge in [0.1, 0.15) is 23.7 Å². The van der Waals surface area contributed by atoms with Gasteiger partial charge in [0, 0.05) is 5.56 Å². The molecule has 1 N–H and O–H groups in total. The fourth-order valence-electron chi connectivity index (χ4n) is 3.18. The van der Waals surface area contributed by atoms with Crippen LogP contribution in [0.15, 0.2) is 54.6 Å². The molecule has 1 fully saturated rings. The van der Waals surface area contributed by atoms with E-state index in [0.29, 0.717) is 23.5 Å². The summed E-state index contributed by atoms with van der Waals surface area (Å²) in [7, 11) is 0. The van der Waals surface area contributed by atoms with E-state index in [1.54, 1.807) is 38.1 Å². The van der Waals surface area contributed by atoms with Crippen LogP contribution in [-0.4, -0.2) is 35.8 Å². The Labute approximate surface area is 174 Å². The van der Waals surface area contributed by atoms with Crippen LogP contribution in [0.3, 0.4) is 0 Å². The van der Waals surface area contributed by atoms with Crippen molar-refractivity contribution in [2.75, 3.05) is 13.2 Å². The zero-order chi connectivity index (χ0) is 22.1. The van der Waals surface area contributed by atoms with Gasteiger partial charge in [0.15, 0.2) is 5.78 Å². The minimum absolute atomic E-state index is 0.238. The topological polar surface area (TPSA) is 75.7 Å². The van der Waals surface area contributed by atoms with Crippen LogP contribution in [0.1, 0.15) is 35.3 Å². The summed E-state index contributed by atoms with van der Waals surface area (Å²) >= 11 is 0. The Morgan fingerprint density at radius 1 is 1.20 bits per heavy atom. The van der Waals surface area contributed by atoms with Gasteiger partial charge in [-0.1, -0.05) is 18.7 Å². The summed E-state index contributed by atoms with van der Waals surface area (Å²) in [6, 6.07) is 10.1. The molecule has 3 amide bonds. The lowest BCUT2D eigenvalue weighted by molar-refractivity contribution is -0.130. The van der Waals surface area contributed by atoms with Crippen LogP contribution >= 0.6 is 0 Å². The van der Waals surface area contributed by atoms with Crippen LogP contribution < -0.4 is 10.1 Å². The Hall–Kier alpha value is -3.48. The number of amides is 3. The fraction of sp³-hybridized carbons (Fsp3) is 0.261. The molecule has 1 saturated heterocycles. The molecule has 0 bridgehead atoms. The van der Waals surface area contributed by atoms with Crippen LogP contribution in [0.4, 0.5) is 9.18 Å². The summed E-state index contributed by atoms with van der Waals surface area (Å²) in [4.78, 5) is 38.9. The van der Waals surface area contributed by atoms with Crippen molar-refractivity contribution in [2.45, 2.75) is 26.3 Å². The minimum atomic E-state index is -1.30. The van der Waals surface area contributed by atoms with Gasteiger partial charge in [-0.2, -0.15) is 0 Å². The minimum Gasteiger partial charge on any atom is -0.489 e. The van der Waals surface area contributed by atoms with Gasteiger partial charge < -0.3 is 10.1 Å². The highest BCUT2D eigenvalue weighted by atomic mass is 19.1. The molecule has 3 rings (SSSR count). The Bertz CT molecular complexity index is 1030. The molecular weight excluding hydrogens is 387 g/mol. The maximum Gasteiger partial charge on any atom is 0.325 e. The lowest BCUT2D eigenvalue weighted by Gasteiger charge is -2.22. The third-order valence-electron chi connectivity index (χ3n) is 4.97. The molecule has 6 nitrogen and oxygen atoms in total. The van der Waals surface area contributed by atoms with Gasteiger partial charge in [-0.15, -0.1) is 0 Å². The second kappa shape index (κ2) is 8.10. The van der Waals surface area contributed by atoms with Crippen molar-refractivity contribution in [1.82, 2.24) is 10.2 Å². The van der Waals surface area contributed by atoms with E-state index in [0.717, 1.165) is 10.5 Å². The van der Waals surface area contributed by atoms with Crippen molar-refractivity contribution in [3.05, 3.63) is 77.1 Å². The van der Waals surface area contributed by atoms with Gasteiger partial charge in [-0.05, 0) is 67.8 Å². The van der Waals surface area contributed by atoms with Gasteiger partial charge in [-0.25, -0.2) is 9.18 Å². The Kier molecular flexibility index (Phi) is 5.73. The largest absolute Gasteiger partial charge is 0.489 e. The predicted octanol–water partition coefficient (Wildman–Crippen LogP) is 3.74. The number of imide groups is 1. The molecule has 1 atom stereocenters. The SMILES string of the molecule is C=C(C)COc1ccc(C2(C)NC(=O)N(CC(=O)c3ccc(F)c(C)c3)C2=O)cc1. The van der Waals surface area contributed by atoms with Crippen molar-refractivity contribution in [2.24, 2.45) is 0 Å². The van der Waals surface area contributed by atoms with Crippen LogP contribution in [0, 0.1) is 12.7 Å². The predicted molar refractivity (Wildman–Crippen MR) is 110 cm³/mol. The zero-order valence-corrected chi connectivity index (χ0v) is 17.1. The number of rotatable bonds is 7. The lowest BCUT2D eigenvalue weighted by Crippen LogP contribution is -2.41. The van der Waals surface area contributed by atoms with Crippen LogP contribution in [0.5, 0.6) is 5.75 Å². The Balaban J connectivity index is 1.76. The molecule has 0 spiro atoms. The molecule has 2 aromatic rings. The van der Waals surface area contributed by atoms with Gasteiger partial charge in [0.25, 0.3) is 5.91 Å². The molecule has 1 aliphatic rings.